The van der Waals surface area contributed by atoms with Gasteiger partial charge in [-0.05, 0) is 103 Å². The third kappa shape index (κ3) is 40.3. The van der Waals surface area contributed by atoms with Crippen molar-refractivity contribution >= 4 is 0 Å². The Balaban J connectivity index is 0.000000733. The van der Waals surface area contributed by atoms with E-state index < -0.39 is 42.1 Å². The van der Waals surface area contributed by atoms with Crippen LogP contribution in [0.4, 0.5) is 39.5 Å². The number of nitrogens with zero attached hydrogens (tertiary/aromatic N) is 8. The van der Waals surface area contributed by atoms with Gasteiger partial charge in [0.2, 0.25) is 0 Å². The fourth-order valence-corrected chi connectivity index (χ4v) is 11.1. The average molecular weight is 2470 g/mol. The summed E-state index contributed by atoms with van der Waals surface area (Å²) in [6, 6.07) is 76.2. The first-order valence-corrected chi connectivity index (χ1v) is 40.3. The number of hydrogen-bond donors (Lipinski definition) is 8. The van der Waals surface area contributed by atoms with Crippen molar-refractivity contribution in [1.29, 1.82) is 0 Å². The molecule has 12 aromatic rings. The van der Waals surface area contributed by atoms with Crippen LogP contribution in [-0.4, -0.2) is 148 Å². The van der Waals surface area contributed by atoms with Gasteiger partial charge in [-0.15, -0.1) is 138 Å². The zero-order valence-corrected chi connectivity index (χ0v) is 82.0. The van der Waals surface area contributed by atoms with E-state index in [1.807, 2.05) is 205 Å². The van der Waals surface area contributed by atoms with Crippen molar-refractivity contribution < 1.29 is 161 Å². The number of aliphatic hydroxyl groups is 8. The fourth-order valence-electron chi connectivity index (χ4n) is 11.1. The maximum Gasteiger partial charge on any atom is 0.459 e. The van der Waals surface area contributed by atoms with Gasteiger partial charge in [0, 0.05) is 165 Å². The van der Waals surface area contributed by atoms with Crippen LogP contribution in [0, 0.1) is 59.1 Å². The molecular weight excluding hydrogens is 2360 g/mol. The molecule has 0 bridgehead atoms. The monoisotopic (exact) mass is 2470 g/mol. The largest absolute Gasteiger partial charge is 0.459 e. The molecule has 8 N–H and O–H groups in total. The van der Waals surface area contributed by atoms with Crippen molar-refractivity contribution in [2.24, 2.45) is 23.2 Å². The molecule has 8 aromatic carbocycles. The first-order chi connectivity index (χ1) is 58.3. The standard InChI is InChI=1S/C16H9F2N2.3C16H11N2.C10H15F7O2.C9H20O2.C8H18O2.C7H16O2.4Ir/c17-13-5-1-11(2-6-13)15-16(20-10-9-19-15)12-3-7-14(18)8-4-12;3*1-3-7-13(8-4-1)15-16(18-12-11-17-15)14-9-5-2-6-10-14;1-7(2,3)5(18)4-6(19)8(11,12)9(13,14)10(15,16)17;1-6(2)8(10)5-9(11)7(3)4;1-6(2)4-8(10)5-7(3)9;1-3-6(8)5-7(9)4-2;;;;/h1-3,5-10H;3*1-9,11-12H;5-6,18-19H,4H2,1-3H3;6-11H,5H2,1-4H3;6-10H,4-5H2,1-3H3;6-9H,3-5H2,1-2H3;;;;/q4*-1;;;;;;;;. The molecule has 12 rings (SSSR count). The Labute approximate surface area is 794 Å². The van der Waals surface area contributed by atoms with E-state index in [4.69, 9.17) is 20.4 Å². The summed E-state index contributed by atoms with van der Waals surface area (Å²) < 4.78 is 113. The molecule has 16 nitrogen and oxygen atoms in total. The maximum atomic E-state index is 13.0. The number of benzene rings is 8. The summed E-state index contributed by atoms with van der Waals surface area (Å²) in [5.74, 6) is -11.8. The topological polar surface area (TPSA) is 265 Å². The van der Waals surface area contributed by atoms with E-state index in [1.54, 1.807) is 74.7 Å². The summed E-state index contributed by atoms with van der Waals surface area (Å²) in [5, 5.41) is 73.2. The molecule has 0 aliphatic carbocycles. The quantitative estimate of drug-likeness (QED) is 0.0206. The zero-order chi connectivity index (χ0) is 90.9. The number of aliphatic hydroxyl groups excluding tert-OH is 8. The van der Waals surface area contributed by atoms with Gasteiger partial charge in [0.15, 0.2) is 0 Å². The van der Waals surface area contributed by atoms with E-state index >= 15 is 0 Å². The van der Waals surface area contributed by atoms with Gasteiger partial charge >= 0.3 is 18.0 Å². The molecule has 4 aromatic heterocycles. The third-order valence-electron chi connectivity index (χ3n) is 18.5. The summed E-state index contributed by atoms with van der Waals surface area (Å²) in [4.78, 5) is 35.2. The molecule has 0 aliphatic heterocycles. The zero-order valence-electron chi connectivity index (χ0n) is 72.4. The van der Waals surface area contributed by atoms with E-state index in [0.29, 0.717) is 42.1 Å². The molecule has 0 fully saturated rings. The number of halogens is 9. The Hall–Kier alpha value is -8.27. The Bertz CT molecular complexity index is 4340. The summed E-state index contributed by atoms with van der Waals surface area (Å²) in [7, 11) is 0. The summed E-state index contributed by atoms with van der Waals surface area (Å²) in [6.07, 6.45) is 2.28. The van der Waals surface area contributed by atoms with Crippen molar-refractivity contribution in [2.45, 2.75) is 195 Å². The number of alkyl halides is 7. The Morgan fingerprint density at radius 1 is 0.315 bits per heavy atom. The van der Waals surface area contributed by atoms with E-state index in [9.17, 15) is 59.9 Å². The van der Waals surface area contributed by atoms with Crippen LogP contribution in [0.15, 0.2) is 256 Å². The number of aromatic nitrogens is 8. The van der Waals surface area contributed by atoms with Gasteiger partial charge in [-0.2, -0.15) is 30.7 Å². The second kappa shape index (κ2) is 59.8. The second-order valence-electron chi connectivity index (χ2n) is 30.8. The Morgan fingerprint density at radius 3 is 0.874 bits per heavy atom. The fraction of sp³-hybridized carbons (Fsp3) is 0.347. The van der Waals surface area contributed by atoms with Crippen molar-refractivity contribution in [2.75, 3.05) is 0 Å². The van der Waals surface area contributed by atoms with E-state index in [0.717, 1.165) is 92.4 Å². The maximum absolute atomic E-state index is 13.0. The van der Waals surface area contributed by atoms with Gasteiger partial charge in [0.25, 0.3) is 0 Å². The number of hydrogen-bond acceptors (Lipinski definition) is 16. The summed E-state index contributed by atoms with van der Waals surface area (Å²) in [6.45, 7) is 21.5. The first-order valence-electron chi connectivity index (χ1n) is 40.3. The van der Waals surface area contributed by atoms with Crippen molar-refractivity contribution in [3.8, 4) is 90.1 Å². The summed E-state index contributed by atoms with van der Waals surface area (Å²) >= 11 is 0. The third-order valence-corrected chi connectivity index (χ3v) is 18.5. The van der Waals surface area contributed by atoms with Crippen LogP contribution in [0.25, 0.3) is 90.1 Å². The minimum Gasteiger partial charge on any atom is -0.393 e. The van der Waals surface area contributed by atoms with E-state index in [1.165, 1.54) is 45.0 Å². The minimum atomic E-state index is -6.50. The molecule has 8 unspecified atom stereocenters. The van der Waals surface area contributed by atoms with Crippen molar-refractivity contribution in [1.82, 2.24) is 39.9 Å². The van der Waals surface area contributed by atoms with Gasteiger partial charge in [0.05, 0.1) is 65.5 Å². The number of rotatable bonds is 24. The van der Waals surface area contributed by atoms with Crippen LogP contribution >= 0.6 is 0 Å². The van der Waals surface area contributed by atoms with Crippen LogP contribution in [0.2, 0.25) is 0 Å². The van der Waals surface area contributed by atoms with E-state index in [2.05, 4.69) is 78.0 Å². The molecule has 29 heteroatoms. The molecular formula is C98H111F9Ir4N8O8-4. The molecule has 694 valence electrons. The predicted octanol–water partition coefficient (Wildman–Crippen LogP) is 21.2. The molecule has 0 saturated heterocycles. The first kappa shape index (κ1) is 117. The van der Waals surface area contributed by atoms with Gasteiger partial charge in [-0.1, -0.05) is 179 Å². The summed E-state index contributed by atoms with van der Waals surface area (Å²) in [5.41, 5.74) is 12.9. The Morgan fingerprint density at radius 2 is 0.614 bits per heavy atom. The van der Waals surface area contributed by atoms with Crippen molar-refractivity contribution in [3.63, 3.8) is 0 Å². The molecule has 0 amide bonds. The van der Waals surface area contributed by atoms with Crippen LogP contribution in [0.1, 0.15) is 128 Å². The smallest absolute Gasteiger partial charge is 0.393 e. The minimum absolute atomic E-state index is 0. The average Bonchev–Trinajstić information content (AvgIpc) is 0.761. The Kier molecular flexibility index (Phi) is 55.0. The molecule has 127 heavy (non-hydrogen) atoms. The molecule has 4 radical (unpaired) electrons. The SMILES string of the molecule is CC(C)(C)C(O)CC(O)C(F)(F)C(F)(F)C(F)(F)F.CC(C)C(O)CC(O)C(C)C.CC(C)CC(O)CC(C)O.CCC(O)CC(O)CC.Fc1c[c-]c(-c2nccnc2-c2ccc(F)cc2)cc1.[Ir].[Ir].[Ir].[Ir].[c-]1ccccc1-c1nccnc1-c1ccccc1.[c-]1ccccc1-c1nccnc1-c1ccccc1.[c-]1ccccc1-c1nccnc1-c1ccccc1. The van der Waals surface area contributed by atoms with Crippen LogP contribution in [-0.2, 0) is 80.4 Å². The van der Waals surface area contributed by atoms with Crippen LogP contribution in [0.3, 0.4) is 0 Å². The van der Waals surface area contributed by atoms with Gasteiger partial charge in [-0.3, -0.25) is 24.3 Å². The normalized spacial score (nSPS) is 12.9. The molecule has 0 saturated carbocycles. The molecule has 8 atom stereocenters. The predicted molar refractivity (Wildman–Crippen MR) is 464 cm³/mol. The van der Waals surface area contributed by atoms with Gasteiger partial charge in [0.1, 0.15) is 11.9 Å². The van der Waals surface area contributed by atoms with Crippen LogP contribution in [0.5, 0.6) is 0 Å². The second-order valence-corrected chi connectivity index (χ2v) is 30.8. The van der Waals surface area contributed by atoms with E-state index in [-0.39, 0.29) is 141 Å². The molecule has 4 heterocycles. The van der Waals surface area contributed by atoms with Crippen LogP contribution < -0.4 is 0 Å². The molecule has 0 spiro atoms. The van der Waals surface area contributed by atoms with Gasteiger partial charge < -0.3 is 60.8 Å². The van der Waals surface area contributed by atoms with Crippen molar-refractivity contribution in [3.05, 3.63) is 292 Å². The van der Waals surface area contributed by atoms with Gasteiger partial charge in [-0.25, -0.2) is 4.39 Å². The molecule has 0 aliphatic rings.